The molecule has 0 aliphatic carbocycles. The van der Waals surface area contributed by atoms with Gasteiger partial charge in [-0.05, 0) is 48.0 Å². The van der Waals surface area contributed by atoms with E-state index in [4.69, 9.17) is 28.3 Å². The molecule has 0 unspecified atom stereocenters. The summed E-state index contributed by atoms with van der Waals surface area (Å²) in [5.41, 5.74) is 7.14. The molecule has 0 aliphatic heterocycles. The van der Waals surface area contributed by atoms with Crippen molar-refractivity contribution in [2.75, 3.05) is 0 Å². The number of hydrogen-bond acceptors (Lipinski definition) is 1. The molecule has 0 fully saturated rings. The van der Waals surface area contributed by atoms with Gasteiger partial charge in [0, 0.05) is 21.2 Å². The minimum atomic E-state index is 0.570. The number of aromatic nitrogens is 2. The standard InChI is InChI=1S/C23H17BrCl2N2/c1-14-3-7-16(8-4-14)22-21(24)23(17-9-5-15(2)6-10-17)28(27-22)20-12-18(25)11-19(26)13-20/h3-13H,1-2H3. The number of rotatable bonds is 3. The van der Waals surface area contributed by atoms with Crippen LogP contribution >= 0.6 is 39.1 Å². The van der Waals surface area contributed by atoms with Gasteiger partial charge in [-0.1, -0.05) is 82.9 Å². The van der Waals surface area contributed by atoms with Crippen LogP contribution in [-0.4, -0.2) is 9.78 Å². The summed E-state index contributed by atoms with van der Waals surface area (Å²) in [6.45, 7) is 4.15. The second-order valence-corrected chi connectivity index (χ2v) is 8.45. The first kappa shape index (κ1) is 19.3. The number of hydrogen-bond donors (Lipinski definition) is 0. The smallest absolute Gasteiger partial charge is 0.108 e. The molecule has 4 aromatic rings. The zero-order valence-corrected chi connectivity index (χ0v) is 18.5. The third-order valence-corrected chi connectivity index (χ3v) is 5.76. The average molecular weight is 472 g/mol. The van der Waals surface area contributed by atoms with Gasteiger partial charge in [-0.15, -0.1) is 0 Å². The molecule has 4 rings (SSSR count). The summed E-state index contributed by atoms with van der Waals surface area (Å²) in [5, 5.41) is 6.05. The van der Waals surface area contributed by atoms with E-state index in [0.717, 1.165) is 32.7 Å². The molecule has 0 bridgehead atoms. The molecule has 5 heteroatoms. The first-order chi connectivity index (χ1) is 13.4. The van der Waals surface area contributed by atoms with Crippen molar-refractivity contribution in [3.8, 4) is 28.2 Å². The van der Waals surface area contributed by atoms with Gasteiger partial charge in [-0.2, -0.15) is 5.10 Å². The van der Waals surface area contributed by atoms with Gasteiger partial charge in [-0.3, -0.25) is 0 Å². The Bertz CT molecular complexity index is 1130. The van der Waals surface area contributed by atoms with Crippen molar-refractivity contribution in [2.24, 2.45) is 0 Å². The summed E-state index contributed by atoms with van der Waals surface area (Å²) in [5.74, 6) is 0. The molecule has 1 heterocycles. The van der Waals surface area contributed by atoms with Crippen LogP contribution in [0.25, 0.3) is 28.2 Å². The number of nitrogens with zero attached hydrogens (tertiary/aromatic N) is 2. The second kappa shape index (κ2) is 7.75. The van der Waals surface area contributed by atoms with Gasteiger partial charge >= 0.3 is 0 Å². The summed E-state index contributed by atoms with van der Waals surface area (Å²) in [7, 11) is 0. The van der Waals surface area contributed by atoms with Gasteiger partial charge in [0.2, 0.25) is 0 Å². The Labute approximate surface area is 182 Å². The SMILES string of the molecule is Cc1ccc(-c2nn(-c3cc(Cl)cc(Cl)c3)c(-c3ccc(C)cc3)c2Br)cc1. The number of benzene rings is 3. The highest BCUT2D eigenvalue weighted by atomic mass is 79.9. The lowest BCUT2D eigenvalue weighted by Crippen LogP contribution is -1.99. The predicted octanol–water partition coefficient (Wildman–Crippen LogP) is 7.89. The van der Waals surface area contributed by atoms with Gasteiger partial charge in [0.1, 0.15) is 5.69 Å². The van der Waals surface area contributed by atoms with Crippen molar-refractivity contribution in [3.63, 3.8) is 0 Å². The Morgan fingerprint density at radius 3 is 1.79 bits per heavy atom. The highest BCUT2D eigenvalue weighted by Crippen LogP contribution is 2.39. The average Bonchev–Trinajstić information content (AvgIpc) is 3.00. The largest absolute Gasteiger partial charge is 0.231 e. The van der Waals surface area contributed by atoms with E-state index in [1.54, 1.807) is 6.07 Å². The molecule has 28 heavy (non-hydrogen) atoms. The van der Waals surface area contributed by atoms with Crippen LogP contribution in [0.4, 0.5) is 0 Å². The van der Waals surface area contributed by atoms with Crippen molar-refractivity contribution in [2.45, 2.75) is 13.8 Å². The van der Waals surface area contributed by atoms with Gasteiger partial charge < -0.3 is 0 Å². The molecular weight excluding hydrogens is 455 g/mol. The predicted molar refractivity (Wildman–Crippen MR) is 122 cm³/mol. The number of halogens is 3. The van der Waals surface area contributed by atoms with Crippen molar-refractivity contribution in [3.05, 3.63) is 92.4 Å². The Kier molecular flexibility index (Phi) is 5.33. The molecule has 1 aromatic heterocycles. The Balaban J connectivity index is 1.98. The van der Waals surface area contributed by atoms with Crippen LogP contribution in [0.1, 0.15) is 11.1 Å². The molecular formula is C23H17BrCl2N2. The lowest BCUT2D eigenvalue weighted by molar-refractivity contribution is 0.892. The van der Waals surface area contributed by atoms with E-state index >= 15 is 0 Å². The monoisotopic (exact) mass is 470 g/mol. The van der Waals surface area contributed by atoms with E-state index in [2.05, 4.69) is 78.3 Å². The topological polar surface area (TPSA) is 17.8 Å². The summed E-state index contributed by atoms with van der Waals surface area (Å²) >= 11 is 16.3. The maximum Gasteiger partial charge on any atom is 0.108 e. The third-order valence-electron chi connectivity index (χ3n) is 4.57. The molecule has 0 amide bonds. The summed E-state index contributed by atoms with van der Waals surface area (Å²) < 4.78 is 2.82. The highest BCUT2D eigenvalue weighted by Gasteiger charge is 2.20. The second-order valence-electron chi connectivity index (χ2n) is 6.78. The molecule has 0 N–H and O–H groups in total. The molecule has 2 nitrogen and oxygen atoms in total. The first-order valence-corrected chi connectivity index (χ1v) is 10.4. The van der Waals surface area contributed by atoms with Crippen molar-refractivity contribution < 1.29 is 0 Å². The maximum atomic E-state index is 6.26. The minimum absolute atomic E-state index is 0.570. The third kappa shape index (κ3) is 3.75. The fourth-order valence-corrected chi connectivity index (χ4v) is 4.32. The Morgan fingerprint density at radius 2 is 1.25 bits per heavy atom. The fraction of sp³-hybridized carbons (Fsp3) is 0.0870. The maximum absolute atomic E-state index is 6.26. The molecule has 0 spiro atoms. The van der Waals surface area contributed by atoms with Gasteiger partial charge in [-0.25, -0.2) is 4.68 Å². The lowest BCUT2D eigenvalue weighted by atomic mass is 10.1. The lowest BCUT2D eigenvalue weighted by Gasteiger charge is -2.09. The molecule has 0 aliphatic rings. The van der Waals surface area contributed by atoms with Crippen molar-refractivity contribution in [1.82, 2.24) is 9.78 Å². The van der Waals surface area contributed by atoms with E-state index in [-0.39, 0.29) is 0 Å². The van der Waals surface area contributed by atoms with Gasteiger partial charge in [0.25, 0.3) is 0 Å². The van der Waals surface area contributed by atoms with E-state index in [1.807, 2.05) is 16.8 Å². The van der Waals surface area contributed by atoms with E-state index < -0.39 is 0 Å². The van der Waals surface area contributed by atoms with Crippen LogP contribution in [0.2, 0.25) is 10.0 Å². The molecule has 3 aromatic carbocycles. The molecule has 0 atom stereocenters. The normalized spacial score (nSPS) is 11.0. The minimum Gasteiger partial charge on any atom is -0.231 e. The number of aryl methyl sites for hydroxylation is 2. The van der Waals surface area contributed by atoms with Crippen LogP contribution in [0.5, 0.6) is 0 Å². The highest BCUT2D eigenvalue weighted by molar-refractivity contribution is 9.10. The molecule has 0 radical (unpaired) electrons. The van der Waals surface area contributed by atoms with Crippen molar-refractivity contribution >= 4 is 39.1 Å². The van der Waals surface area contributed by atoms with Crippen LogP contribution in [0, 0.1) is 13.8 Å². The molecule has 140 valence electrons. The summed E-state index contributed by atoms with van der Waals surface area (Å²) in [6.07, 6.45) is 0. The summed E-state index contributed by atoms with van der Waals surface area (Å²) in [4.78, 5) is 0. The van der Waals surface area contributed by atoms with Crippen molar-refractivity contribution in [1.29, 1.82) is 0 Å². The molecule has 0 saturated heterocycles. The molecule has 0 saturated carbocycles. The zero-order chi connectivity index (χ0) is 19.8. The fourth-order valence-electron chi connectivity index (χ4n) is 3.10. The van der Waals surface area contributed by atoms with Crippen LogP contribution in [0.3, 0.4) is 0 Å². The van der Waals surface area contributed by atoms with Gasteiger partial charge in [0.15, 0.2) is 0 Å². The van der Waals surface area contributed by atoms with Gasteiger partial charge in [0.05, 0.1) is 15.9 Å². The Morgan fingerprint density at radius 1 is 0.750 bits per heavy atom. The zero-order valence-electron chi connectivity index (χ0n) is 15.4. The van der Waals surface area contributed by atoms with Crippen LogP contribution < -0.4 is 0 Å². The van der Waals surface area contributed by atoms with E-state index in [9.17, 15) is 0 Å². The van der Waals surface area contributed by atoms with E-state index in [1.165, 1.54) is 11.1 Å². The summed E-state index contributed by atoms with van der Waals surface area (Å²) in [6, 6.07) is 22.2. The quantitative estimate of drug-likeness (QED) is 0.297. The van der Waals surface area contributed by atoms with Crippen LogP contribution in [-0.2, 0) is 0 Å². The Hall–Kier alpha value is -2.07. The van der Waals surface area contributed by atoms with Crippen LogP contribution in [0.15, 0.2) is 71.2 Å². The first-order valence-electron chi connectivity index (χ1n) is 8.81. The van der Waals surface area contributed by atoms with E-state index in [0.29, 0.717) is 10.0 Å².